The van der Waals surface area contributed by atoms with E-state index >= 15 is 0 Å². The van der Waals surface area contributed by atoms with Crippen molar-refractivity contribution >= 4 is 63.3 Å². The van der Waals surface area contributed by atoms with Gasteiger partial charge >= 0.3 is 0 Å². The van der Waals surface area contributed by atoms with Crippen molar-refractivity contribution in [3.05, 3.63) is 96.5 Å². The van der Waals surface area contributed by atoms with Gasteiger partial charge in [-0.15, -0.1) is 0 Å². The van der Waals surface area contributed by atoms with E-state index in [1.54, 1.807) is 35.1 Å². The Hall–Kier alpha value is -2.17. The van der Waals surface area contributed by atoms with Crippen LogP contribution in [0.5, 0.6) is 0 Å². The molecule has 0 fully saturated rings. The fourth-order valence-electron chi connectivity index (χ4n) is 4.90. The van der Waals surface area contributed by atoms with Crippen LogP contribution < -0.4 is 4.90 Å². The average Bonchev–Trinajstić information content (AvgIpc) is 3.16. The molecular formula is C27H23Cl2IN2O4. The highest BCUT2D eigenvalue weighted by molar-refractivity contribution is 14.1. The Kier molecular flexibility index (Phi) is 7.55. The molecule has 2 aliphatic rings. The zero-order valence-electron chi connectivity index (χ0n) is 19.4. The van der Waals surface area contributed by atoms with Crippen LogP contribution in [-0.2, 0) is 14.3 Å². The molecule has 0 unspecified atom stereocenters. The standard InChI is InChI=1S/C27H23Cl2IN2O4/c1-35-12-13-36-11-10-31-23-9-7-19(30)15-22(23)26(33)32-24(16-2-4-17(28)5-3-16)21-14-18(29)6-8-20(21)25(32)27(31)34/h2-9,14-15,24-25H,10-13H2,1H3/t24-,25-/m0/s1. The number of methoxy groups -OCH3 is 1. The topological polar surface area (TPSA) is 59.1 Å². The van der Waals surface area contributed by atoms with Crippen LogP contribution in [0.15, 0.2) is 60.7 Å². The first-order chi connectivity index (χ1) is 17.4. The van der Waals surface area contributed by atoms with Crippen molar-refractivity contribution < 1.29 is 19.1 Å². The fourth-order valence-corrected chi connectivity index (χ4v) is 5.70. The molecule has 36 heavy (non-hydrogen) atoms. The molecule has 3 aromatic rings. The number of rotatable bonds is 7. The van der Waals surface area contributed by atoms with Crippen LogP contribution in [0.1, 0.15) is 39.1 Å². The maximum atomic E-state index is 14.2. The van der Waals surface area contributed by atoms with Crippen LogP contribution in [0.25, 0.3) is 0 Å². The fraction of sp³-hybridized carbons (Fsp3) is 0.259. The molecule has 3 aromatic carbocycles. The van der Waals surface area contributed by atoms with Gasteiger partial charge in [-0.3, -0.25) is 9.59 Å². The lowest BCUT2D eigenvalue weighted by molar-refractivity contribution is -0.123. The van der Waals surface area contributed by atoms with E-state index in [1.165, 1.54) is 0 Å². The van der Waals surface area contributed by atoms with Gasteiger partial charge in [0.05, 0.1) is 37.1 Å². The smallest absolute Gasteiger partial charge is 0.257 e. The predicted octanol–water partition coefficient (Wildman–Crippen LogP) is 5.89. The van der Waals surface area contributed by atoms with Crippen LogP contribution in [-0.4, -0.2) is 50.2 Å². The molecule has 0 radical (unpaired) electrons. The number of ether oxygens (including phenoxy) is 2. The summed E-state index contributed by atoms with van der Waals surface area (Å²) in [5.74, 6) is -0.393. The molecule has 2 aliphatic heterocycles. The third-order valence-electron chi connectivity index (χ3n) is 6.49. The lowest BCUT2D eigenvalue weighted by Crippen LogP contribution is -2.41. The number of carbonyl (C=O) groups excluding carboxylic acids is 2. The minimum atomic E-state index is -0.797. The molecule has 2 heterocycles. The number of anilines is 1. The zero-order valence-corrected chi connectivity index (χ0v) is 23.1. The van der Waals surface area contributed by atoms with Crippen LogP contribution in [0.4, 0.5) is 5.69 Å². The SMILES string of the molecule is COCCOCCN1C(=O)[C@@H]2c3ccc(Cl)cc3[C@H](c3ccc(Cl)cc3)N2C(=O)c2cc(I)ccc21. The molecular weight excluding hydrogens is 614 g/mol. The van der Waals surface area contributed by atoms with E-state index in [4.69, 9.17) is 32.7 Å². The minimum Gasteiger partial charge on any atom is -0.382 e. The van der Waals surface area contributed by atoms with E-state index in [2.05, 4.69) is 22.6 Å². The van der Waals surface area contributed by atoms with E-state index in [0.29, 0.717) is 47.7 Å². The molecule has 9 heteroatoms. The summed E-state index contributed by atoms with van der Waals surface area (Å²) in [6, 6.07) is 17.1. The minimum absolute atomic E-state index is 0.182. The summed E-state index contributed by atoms with van der Waals surface area (Å²) in [6.07, 6.45) is 0. The quantitative estimate of drug-likeness (QED) is 0.240. The van der Waals surface area contributed by atoms with Crippen molar-refractivity contribution in [1.82, 2.24) is 4.90 Å². The summed E-state index contributed by atoms with van der Waals surface area (Å²) >= 11 is 14.7. The van der Waals surface area contributed by atoms with E-state index in [9.17, 15) is 9.59 Å². The summed E-state index contributed by atoms with van der Waals surface area (Å²) in [6.45, 7) is 1.51. The van der Waals surface area contributed by atoms with Gasteiger partial charge in [0, 0.05) is 27.3 Å². The summed E-state index contributed by atoms with van der Waals surface area (Å²) in [7, 11) is 1.61. The molecule has 0 aliphatic carbocycles. The van der Waals surface area contributed by atoms with Crippen molar-refractivity contribution in [2.24, 2.45) is 0 Å². The number of nitrogens with zero attached hydrogens (tertiary/aromatic N) is 2. The van der Waals surface area contributed by atoms with Crippen molar-refractivity contribution in [3.8, 4) is 0 Å². The van der Waals surface area contributed by atoms with Crippen molar-refractivity contribution in [2.75, 3.05) is 38.4 Å². The summed E-state index contributed by atoms with van der Waals surface area (Å²) in [5, 5.41) is 1.14. The third-order valence-corrected chi connectivity index (χ3v) is 7.64. The summed E-state index contributed by atoms with van der Waals surface area (Å²) in [4.78, 5) is 31.8. The predicted molar refractivity (Wildman–Crippen MR) is 148 cm³/mol. The average molecular weight is 637 g/mol. The Morgan fingerprint density at radius 3 is 2.36 bits per heavy atom. The van der Waals surface area contributed by atoms with E-state index < -0.39 is 12.1 Å². The number of amides is 2. The second-order valence-electron chi connectivity index (χ2n) is 8.60. The van der Waals surface area contributed by atoms with Crippen molar-refractivity contribution in [3.63, 3.8) is 0 Å². The molecule has 5 rings (SSSR count). The van der Waals surface area contributed by atoms with E-state index in [0.717, 1.165) is 20.3 Å². The van der Waals surface area contributed by atoms with Crippen molar-refractivity contribution in [1.29, 1.82) is 0 Å². The van der Waals surface area contributed by atoms with Gasteiger partial charge in [-0.25, -0.2) is 0 Å². The Morgan fingerprint density at radius 1 is 0.861 bits per heavy atom. The summed E-state index contributed by atoms with van der Waals surface area (Å²) < 4.78 is 11.6. The highest BCUT2D eigenvalue weighted by atomic mass is 127. The molecule has 0 saturated heterocycles. The zero-order chi connectivity index (χ0) is 25.4. The molecule has 186 valence electrons. The monoisotopic (exact) mass is 636 g/mol. The number of benzene rings is 3. The number of fused-ring (bicyclic) bond motifs is 4. The van der Waals surface area contributed by atoms with Crippen LogP contribution >= 0.6 is 45.8 Å². The second kappa shape index (κ2) is 10.7. The molecule has 0 bridgehead atoms. The number of halogens is 3. The molecule has 2 amide bonds. The normalized spacial score (nSPS) is 18.7. The van der Waals surface area contributed by atoms with Gasteiger partial charge in [-0.2, -0.15) is 0 Å². The lowest BCUT2D eigenvalue weighted by Gasteiger charge is -2.30. The Labute approximate surface area is 233 Å². The maximum Gasteiger partial charge on any atom is 0.257 e. The van der Waals surface area contributed by atoms with Gasteiger partial charge in [0.1, 0.15) is 6.04 Å². The number of hydrogen-bond donors (Lipinski definition) is 0. The van der Waals surface area contributed by atoms with Crippen molar-refractivity contribution in [2.45, 2.75) is 12.1 Å². The molecule has 0 N–H and O–H groups in total. The van der Waals surface area contributed by atoms with Gasteiger partial charge in [0.15, 0.2) is 0 Å². The first-order valence-corrected chi connectivity index (χ1v) is 13.3. The molecule has 0 aromatic heterocycles. The van der Waals surface area contributed by atoms with Gasteiger partial charge in [-0.1, -0.05) is 41.4 Å². The second-order valence-corrected chi connectivity index (χ2v) is 10.7. The van der Waals surface area contributed by atoms with Gasteiger partial charge in [0.25, 0.3) is 11.8 Å². The molecule has 2 atom stereocenters. The Balaban J connectivity index is 1.64. The van der Waals surface area contributed by atoms with Crippen LogP contribution in [0.2, 0.25) is 10.0 Å². The first-order valence-electron chi connectivity index (χ1n) is 11.5. The largest absolute Gasteiger partial charge is 0.382 e. The van der Waals surface area contributed by atoms with Crippen LogP contribution in [0, 0.1) is 3.57 Å². The number of hydrogen-bond acceptors (Lipinski definition) is 4. The van der Waals surface area contributed by atoms with E-state index in [1.807, 2.05) is 42.5 Å². The third kappa shape index (κ3) is 4.63. The summed E-state index contributed by atoms with van der Waals surface area (Å²) in [5.41, 5.74) is 3.52. The van der Waals surface area contributed by atoms with Crippen LogP contribution in [0.3, 0.4) is 0 Å². The van der Waals surface area contributed by atoms with Gasteiger partial charge in [-0.05, 0) is 81.7 Å². The van der Waals surface area contributed by atoms with Gasteiger partial charge < -0.3 is 19.3 Å². The molecule has 0 saturated carbocycles. The molecule has 6 nitrogen and oxygen atoms in total. The first kappa shape index (κ1) is 25.5. The molecule has 0 spiro atoms. The maximum absolute atomic E-state index is 14.2. The lowest BCUT2D eigenvalue weighted by atomic mass is 9.96. The number of carbonyl (C=O) groups is 2. The Bertz CT molecular complexity index is 1320. The highest BCUT2D eigenvalue weighted by Gasteiger charge is 2.50. The van der Waals surface area contributed by atoms with E-state index in [-0.39, 0.29) is 11.8 Å². The Morgan fingerprint density at radius 2 is 1.61 bits per heavy atom. The van der Waals surface area contributed by atoms with Gasteiger partial charge in [0.2, 0.25) is 0 Å². The highest BCUT2D eigenvalue weighted by Crippen LogP contribution is 2.50.